The third kappa shape index (κ3) is 5.86. The van der Waals surface area contributed by atoms with Crippen LogP contribution in [0.2, 0.25) is 0 Å². The number of nitrogens with zero attached hydrogens (tertiary/aromatic N) is 3. The first-order valence-electron chi connectivity index (χ1n) is 10.7. The quantitative estimate of drug-likeness (QED) is 0.509. The highest BCUT2D eigenvalue weighted by atomic mass is 32.1. The van der Waals surface area contributed by atoms with Crippen LogP contribution >= 0.6 is 13.5 Å². The van der Waals surface area contributed by atoms with E-state index in [0.717, 1.165) is 34.2 Å². The molecule has 182 valence electrons. The topological polar surface area (TPSA) is 67.4 Å². The number of fused-ring (bicyclic) bond motifs is 1. The van der Waals surface area contributed by atoms with Crippen LogP contribution in [0.5, 0.6) is 5.75 Å². The Morgan fingerprint density at radius 3 is 2.41 bits per heavy atom. The molecule has 0 bridgehead atoms. The van der Waals surface area contributed by atoms with Crippen LogP contribution in [-0.4, -0.2) is 29.0 Å². The first-order valence-corrected chi connectivity index (χ1v) is 10.7. The minimum Gasteiger partial charge on any atom is -0.489 e. The Morgan fingerprint density at radius 1 is 1.12 bits per heavy atom. The van der Waals surface area contributed by atoms with E-state index in [2.05, 4.69) is 17.2 Å². The number of ether oxygens (including phenoxy) is 1. The average Bonchev–Trinajstić information content (AvgIpc) is 2.78. The number of benzene rings is 2. The molecule has 0 saturated carbocycles. The number of hydrogen-bond acceptors (Lipinski definition) is 5. The molecule has 2 heterocycles. The predicted molar refractivity (Wildman–Crippen MR) is 140 cm³/mol. The summed E-state index contributed by atoms with van der Waals surface area (Å²) in [5.74, 6) is 2.18. The molecule has 6 nitrogen and oxygen atoms in total. The van der Waals surface area contributed by atoms with Crippen molar-refractivity contribution in [3.05, 3.63) is 77.0 Å². The molecule has 0 saturated heterocycles. The summed E-state index contributed by atoms with van der Waals surface area (Å²) >= 11 is 0. The summed E-state index contributed by atoms with van der Waals surface area (Å²) < 4.78 is 18.8. The zero-order chi connectivity index (χ0) is 22.8. The number of halogens is 1. The fourth-order valence-corrected chi connectivity index (χ4v) is 3.73. The maximum Gasteiger partial charge on any atom is 0.246 e. The Kier molecular flexibility index (Phi) is 9.04. The van der Waals surface area contributed by atoms with Gasteiger partial charge in [0.25, 0.3) is 0 Å². The largest absolute Gasteiger partial charge is 0.489 e. The lowest BCUT2D eigenvalue weighted by atomic mass is 9.97. The van der Waals surface area contributed by atoms with Crippen molar-refractivity contribution in [3.8, 4) is 5.75 Å². The molecule has 3 aromatic rings. The van der Waals surface area contributed by atoms with E-state index in [-0.39, 0.29) is 44.6 Å². The summed E-state index contributed by atoms with van der Waals surface area (Å²) in [5, 5.41) is 2.92. The van der Waals surface area contributed by atoms with Crippen molar-refractivity contribution >= 4 is 30.9 Å². The molecule has 8 heteroatoms. The van der Waals surface area contributed by atoms with Gasteiger partial charge in [-0.3, -0.25) is 4.79 Å². The van der Waals surface area contributed by atoms with Crippen LogP contribution in [0.1, 0.15) is 49.8 Å². The van der Waals surface area contributed by atoms with E-state index < -0.39 is 0 Å². The van der Waals surface area contributed by atoms with Gasteiger partial charge in [0, 0.05) is 13.5 Å². The van der Waals surface area contributed by atoms with Crippen molar-refractivity contribution in [3.63, 3.8) is 0 Å². The van der Waals surface area contributed by atoms with E-state index in [1.165, 1.54) is 12.1 Å². The van der Waals surface area contributed by atoms with Crippen LogP contribution in [0, 0.1) is 12.7 Å². The molecule has 2 atom stereocenters. The molecule has 34 heavy (non-hydrogen) atoms. The van der Waals surface area contributed by atoms with Crippen molar-refractivity contribution in [2.45, 2.75) is 53.2 Å². The molecule has 0 aliphatic carbocycles. The van der Waals surface area contributed by atoms with E-state index >= 15 is 0 Å². The SMILES string of the molecule is C.Cc1nc(C[C@@H](C)c2ccc(OCc3ccc(F)cc3)cc2)nc2c1NC(=O)[C@H](C)N2C.S. The van der Waals surface area contributed by atoms with Gasteiger partial charge in [0.15, 0.2) is 5.82 Å². The third-order valence-corrected chi connectivity index (χ3v) is 5.92. The van der Waals surface area contributed by atoms with Gasteiger partial charge in [-0.15, -0.1) is 0 Å². The van der Waals surface area contributed by atoms with Gasteiger partial charge < -0.3 is 15.0 Å². The van der Waals surface area contributed by atoms with E-state index in [1.54, 1.807) is 12.1 Å². The van der Waals surface area contributed by atoms with Gasteiger partial charge in [-0.1, -0.05) is 38.6 Å². The molecular weight excluding hydrogens is 451 g/mol. The van der Waals surface area contributed by atoms with Crippen molar-refractivity contribution in [2.24, 2.45) is 0 Å². The van der Waals surface area contributed by atoms with Crippen molar-refractivity contribution in [2.75, 3.05) is 17.3 Å². The number of likely N-dealkylation sites (N-methyl/N-ethyl adjacent to an activating group) is 1. The molecule has 1 aliphatic heterocycles. The summed E-state index contributed by atoms with van der Waals surface area (Å²) in [5.41, 5.74) is 3.54. The first-order chi connectivity index (χ1) is 15.3. The van der Waals surface area contributed by atoms with E-state index in [4.69, 9.17) is 9.72 Å². The van der Waals surface area contributed by atoms with Crippen molar-refractivity contribution in [1.29, 1.82) is 0 Å². The van der Waals surface area contributed by atoms with E-state index in [0.29, 0.717) is 18.7 Å². The fraction of sp³-hybridized carbons (Fsp3) is 0.346. The monoisotopic (exact) mass is 484 g/mol. The summed E-state index contributed by atoms with van der Waals surface area (Å²) in [6, 6.07) is 14.0. The average molecular weight is 485 g/mol. The smallest absolute Gasteiger partial charge is 0.246 e. The third-order valence-electron chi connectivity index (χ3n) is 5.92. The second-order valence-corrected chi connectivity index (χ2v) is 8.29. The number of carbonyl (C=O) groups excluding carboxylic acids is 1. The molecule has 1 amide bonds. The lowest BCUT2D eigenvalue weighted by Crippen LogP contribution is -2.45. The summed E-state index contributed by atoms with van der Waals surface area (Å²) in [6.45, 7) is 6.28. The van der Waals surface area contributed by atoms with Crippen molar-refractivity contribution in [1.82, 2.24) is 9.97 Å². The number of hydrogen-bond donors (Lipinski definition) is 1. The van der Waals surface area contributed by atoms with Crippen molar-refractivity contribution < 1.29 is 13.9 Å². The molecule has 1 N–H and O–H groups in total. The van der Waals surface area contributed by atoms with Gasteiger partial charge in [-0.05, 0) is 55.2 Å². The van der Waals surface area contributed by atoms with Gasteiger partial charge in [-0.25, -0.2) is 14.4 Å². The van der Waals surface area contributed by atoms with Gasteiger partial charge in [-0.2, -0.15) is 13.5 Å². The summed E-state index contributed by atoms with van der Waals surface area (Å²) in [6.07, 6.45) is 0.681. The number of rotatable bonds is 6. The molecule has 0 fully saturated rings. The summed E-state index contributed by atoms with van der Waals surface area (Å²) in [7, 11) is 1.88. The molecule has 0 unspecified atom stereocenters. The van der Waals surface area contributed by atoms with Gasteiger partial charge >= 0.3 is 0 Å². The van der Waals surface area contributed by atoms with Crippen LogP contribution in [0.3, 0.4) is 0 Å². The van der Waals surface area contributed by atoms with Crippen LogP contribution in [0.25, 0.3) is 0 Å². The number of anilines is 2. The van der Waals surface area contributed by atoms with Gasteiger partial charge in [0.1, 0.15) is 35.7 Å². The molecular formula is C26H33FN4O2S. The van der Waals surface area contributed by atoms with Crippen LogP contribution in [0.4, 0.5) is 15.9 Å². The second kappa shape index (κ2) is 11.3. The van der Waals surface area contributed by atoms with E-state index in [1.807, 2.05) is 50.1 Å². The van der Waals surface area contributed by atoms with Crippen LogP contribution < -0.4 is 15.0 Å². The van der Waals surface area contributed by atoms with E-state index in [9.17, 15) is 9.18 Å². The Balaban J connectivity index is 0.00000204. The maximum atomic E-state index is 13.0. The second-order valence-electron chi connectivity index (χ2n) is 8.29. The van der Waals surface area contributed by atoms with Crippen LogP contribution in [0.15, 0.2) is 48.5 Å². The highest BCUT2D eigenvalue weighted by molar-refractivity contribution is 7.59. The number of aromatic nitrogens is 2. The molecule has 1 aromatic heterocycles. The van der Waals surface area contributed by atoms with Gasteiger partial charge in [0.05, 0.1) is 5.69 Å². The van der Waals surface area contributed by atoms with Gasteiger partial charge in [0.2, 0.25) is 5.91 Å². The molecule has 4 rings (SSSR count). The zero-order valence-corrected chi connectivity index (χ0v) is 20.2. The Hall–Kier alpha value is -3.13. The number of aryl methyl sites for hydroxylation is 1. The zero-order valence-electron chi connectivity index (χ0n) is 19.2. The normalized spacial score (nSPS) is 15.4. The van der Waals surface area contributed by atoms with Crippen LogP contribution in [-0.2, 0) is 17.8 Å². The number of amides is 1. The highest BCUT2D eigenvalue weighted by Crippen LogP contribution is 2.32. The molecule has 1 aliphatic rings. The summed E-state index contributed by atoms with van der Waals surface area (Å²) in [4.78, 5) is 23.4. The standard InChI is InChI=1S/C25H27FN4O2.CH4.H2S/c1-15(13-22-27-16(2)23-24(28-22)30(4)17(3)25(31)29-23)19-7-11-21(12-8-19)32-14-18-5-9-20(26)10-6-18;;/h5-12,15,17H,13-14H2,1-4H3,(H,29,31);1H4;1H2/t15-,17+;;/m1../s1. The molecule has 0 radical (unpaired) electrons. The molecule has 2 aromatic carbocycles. The lowest BCUT2D eigenvalue weighted by molar-refractivity contribution is -0.117. The predicted octanol–water partition coefficient (Wildman–Crippen LogP) is 5.38. The Bertz CT molecular complexity index is 1120. The minimum absolute atomic E-state index is 0. The minimum atomic E-state index is -0.274. The number of carbonyl (C=O) groups is 1. The lowest BCUT2D eigenvalue weighted by Gasteiger charge is -2.32. The fourth-order valence-electron chi connectivity index (χ4n) is 3.73. The Morgan fingerprint density at radius 2 is 1.76 bits per heavy atom. The highest BCUT2D eigenvalue weighted by Gasteiger charge is 2.30. The number of nitrogens with one attached hydrogen (secondary N) is 1. The maximum absolute atomic E-state index is 13.0. The first kappa shape index (κ1) is 27.1. The molecule has 0 spiro atoms. The Labute approximate surface area is 208 Å².